The standard InChI is InChI=1S/C12H17N3O/c1-3-10-5-6-11(16-10)12(13)9-7-14-15(4-2)8-9/h5-8,12H,3-4,13H2,1-2H3. The van der Waals surface area contributed by atoms with Gasteiger partial charge in [0.1, 0.15) is 11.5 Å². The number of furan rings is 1. The number of aryl methyl sites for hydroxylation is 2. The lowest BCUT2D eigenvalue weighted by Gasteiger charge is -2.05. The highest BCUT2D eigenvalue weighted by Crippen LogP contribution is 2.21. The second kappa shape index (κ2) is 4.53. The minimum atomic E-state index is -0.222. The number of hydrogen-bond acceptors (Lipinski definition) is 3. The molecule has 1 unspecified atom stereocenters. The van der Waals surface area contributed by atoms with E-state index < -0.39 is 0 Å². The molecule has 0 aliphatic rings. The van der Waals surface area contributed by atoms with Crippen LogP contribution in [-0.4, -0.2) is 9.78 Å². The molecule has 0 saturated heterocycles. The Morgan fingerprint density at radius 2 is 2.25 bits per heavy atom. The third-order valence-corrected chi connectivity index (χ3v) is 2.67. The van der Waals surface area contributed by atoms with E-state index in [2.05, 4.69) is 12.0 Å². The lowest BCUT2D eigenvalue weighted by Crippen LogP contribution is -2.10. The van der Waals surface area contributed by atoms with Gasteiger partial charge < -0.3 is 10.2 Å². The van der Waals surface area contributed by atoms with Crippen molar-refractivity contribution in [2.75, 3.05) is 0 Å². The minimum absolute atomic E-state index is 0.222. The molecule has 0 aliphatic carbocycles. The fourth-order valence-corrected chi connectivity index (χ4v) is 1.63. The van der Waals surface area contributed by atoms with Crippen molar-refractivity contribution >= 4 is 0 Å². The fourth-order valence-electron chi connectivity index (χ4n) is 1.63. The number of nitrogens with two attached hydrogens (primary N) is 1. The first-order valence-corrected chi connectivity index (χ1v) is 5.61. The summed E-state index contributed by atoms with van der Waals surface area (Å²) in [5.74, 6) is 1.76. The molecular weight excluding hydrogens is 202 g/mol. The Bertz CT molecular complexity index is 416. The predicted octanol–water partition coefficient (Wildman–Crippen LogP) is 2.11. The van der Waals surface area contributed by atoms with Crippen LogP contribution in [0.25, 0.3) is 0 Å². The fraction of sp³-hybridized carbons (Fsp3) is 0.417. The molecule has 86 valence electrons. The molecule has 0 radical (unpaired) electrons. The quantitative estimate of drug-likeness (QED) is 0.856. The van der Waals surface area contributed by atoms with Gasteiger partial charge in [-0.15, -0.1) is 0 Å². The van der Waals surface area contributed by atoms with Crippen molar-refractivity contribution in [3.63, 3.8) is 0 Å². The van der Waals surface area contributed by atoms with Crippen LogP contribution in [0.2, 0.25) is 0 Å². The van der Waals surface area contributed by atoms with E-state index in [-0.39, 0.29) is 6.04 Å². The molecule has 0 fully saturated rings. The monoisotopic (exact) mass is 219 g/mol. The number of aromatic nitrogens is 2. The summed E-state index contributed by atoms with van der Waals surface area (Å²) in [6.45, 7) is 4.96. The van der Waals surface area contributed by atoms with Crippen LogP contribution in [0.1, 0.15) is 37.0 Å². The van der Waals surface area contributed by atoms with Gasteiger partial charge in [-0.3, -0.25) is 4.68 Å². The summed E-state index contributed by atoms with van der Waals surface area (Å²) in [6, 6.07) is 3.69. The maximum absolute atomic E-state index is 6.11. The molecule has 2 N–H and O–H groups in total. The van der Waals surface area contributed by atoms with Crippen molar-refractivity contribution in [3.8, 4) is 0 Å². The van der Waals surface area contributed by atoms with Crippen molar-refractivity contribution in [2.24, 2.45) is 5.73 Å². The zero-order chi connectivity index (χ0) is 11.5. The lowest BCUT2D eigenvalue weighted by molar-refractivity contribution is 0.454. The van der Waals surface area contributed by atoms with Crippen molar-refractivity contribution in [1.82, 2.24) is 9.78 Å². The van der Waals surface area contributed by atoms with Crippen molar-refractivity contribution < 1.29 is 4.42 Å². The Hall–Kier alpha value is -1.55. The molecule has 16 heavy (non-hydrogen) atoms. The van der Waals surface area contributed by atoms with Gasteiger partial charge in [0.05, 0.1) is 12.2 Å². The van der Waals surface area contributed by atoms with E-state index in [1.165, 1.54) is 0 Å². The summed E-state index contributed by atoms with van der Waals surface area (Å²) in [7, 11) is 0. The van der Waals surface area contributed by atoms with Crippen molar-refractivity contribution in [1.29, 1.82) is 0 Å². The maximum atomic E-state index is 6.11. The van der Waals surface area contributed by atoms with E-state index in [1.54, 1.807) is 6.20 Å². The Morgan fingerprint density at radius 3 is 2.81 bits per heavy atom. The first-order chi connectivity index (χ1) is 7.74. The van der Waals surface area contributed by atoms with Crippen molar-refractivity contribution in [3.05, 3.63) is 41.6 Å². The highest BCUT2D eigenvalue weighted by atomic mass is 16.3. The van der Waals surface area contributed by atoms with E-state index >= 15 is 0 Å². The molecule has 0 amide bonds. The van der Waals surface area contributed by atoms with Crippen molar-refractivity contribution in [2.45, 2.75) is 32.9 Å². The zero-order valence-electron chi connectivity index (χ0n) is 9.68. The molecule has 0 saturated carbocycles. The van der Waals surface area contributed by atoms with Crippen LogP contribution in [0.3, 0.4) is 0 Å². The van der Waals surface area contributed by atoms with E-state index in [0.29, 0.717) is 0 Å². The van der Waals surface area contributed by atoms with Crippen LogP contribution < -0.4 is 5.73 Å². The van der Waals surface area contributed by atoms with E-state index in [9.17, 15) is 0 Å². The largest absolute Gasteiger partial charge is 0.464 e. The van der Waals surface area contributed by atoms with E-state index in [4.69, 9.17) is 10.2 Å². The van der Waals surface area contributed by atoms with Gasteiger partial charge in [0.2, 0.25) is 0 Å². The first kappa shape index (κ1) is 11.0. The van der Waals surface area contributed by atoms with E-state index in [0.717, 1.165) is 30.0 Å². The third kappa shape index (κ3) is 2.02. The molecular formula is C12H17N3O. The van der Waals surface area contributed by atoms with Gasteiger partial charge >= 0.3 is 0 Å². The van der Waals surface area contributed by atoms with Crippen LogP contribution in [-0.2, 0) is 13.0 Å². The van der Waals surface area contributed by atoms with Gasteiger partial charge in [-0.2, -0.15) is 5.10 Å². The number of nitrogens with zero attached hydrogens (tertiary/aromatic N) is 2. The Morgan fingerprint density at radius 1 is 1.44 bits per heavy atom. The summed E-state index contributed by atoms with van der Waals surface area (Å²) in [5, 5.41) is 4.20. The van der Waals surface area contributed by atoms with Gasteiger partial charge in [-0.25, -0.2) is 0 Å². The van der Waals surface area contributed by atoms with Gasteiger partial charge in [-0.05, 0) is 19.1 Å². The number of rotatable bonds is 4. The number of hydrogen-bond donors (Lipinski definition) is 1. The second-order valence-electron chi connectivity index (χ2n) is 3.76. The molecule has 0 aromatic carbocycles. The van der Waals surface area contributed by atoms with Gasteiger partial charge in [0, 0.05) is 24.7 Å². The Balaban J connectivity index is 2.20. The molecule has 4 nitrogen and oxygen atoms in total. The molecule has 0 bridgehead atoms. The molecule has 4 heteroatoms. The molecule has 2 rings (SSSR count). The Kier molecular flexibility index (Phi) is 3.10. The maximum Gasteiger partial charge on any atom is 0.125 e. The van der Waals surface area contributed by atoms with Crippen LogP contribution in [0.4, 0.5) is 0 Å². The molecule has 2 heterocycles. The van der Waals surface area contributed by atoms with Crippen LogP contribution in [0.5, 0.6) is 0 Å². The molecule has 0 aliphatic heterocycles. The van der Waals surface area contributed by atoms with Crippen LogP contribution >= 0.6 is 0 Å². The molecule has 0 spiro atoms. The molecule has 2 aromatic rings. The summed E-state index contributed by atoms with van der Waals surface area (Å²) < 4.78 is 7.49. The zero-order valence-corrected chi connectivity index (χ0v) is 9.68. The Labute approximate surface area is 95.1 Å². The van der Waals surface area contributed by atoms with Crippen LogP contribution in [0.15, 0.2) is 28.9 Å². The molecule has 2 aromatic heterocycles. The smallest absolute Gasteiger partial charge is 0.125 e. The minimum Gasteiger partial charge on any atom is -0.464 e. The first-order valence-electron chi connectivity index (χ1n) is 5.61. The highest BCUT2D eigenvalue weighted by molar-refractivity contribution is 5.22. The van der Waals surface area contributed by atoms with Gasteiger partial charge in [0.25, 0.3) is 0 Å². The van der Waals surface area contributed by atoms with Crippen LogP contribution in [0, 0.1) is 0 Å². The average Bonchev–Trinajstić information content (AvgIpc) is 2.97. The second-order valence-corrected chi connectivity index (χ2v) is 3.76. The summed E-state index contributed by atoms with van der Waals surface area (Å²) >= 11 is 0. The van der Waals surface area contributed by atoms with Gasteiger partial charge in [-0.1, -0.05) is 6.92 Å². The highest BCUT2D eigenvalue weighted by Gasteiger charge is 2.14. The predicted molar refractivity (Wildman–Crippen MR) is 62.0 cm³/mol. The lowest BCUT2D eigenvalue weighted by atomic mass is 10.1. The summed E-state index contributed by atoms with van der Waals surface area (Å²) in [5.41, 5.74) is 7.09. The van der Waals surface area contributed by atoms with Gasteiger partial charge in [0.15, 0.2) is 0 Å². The van der Waals surface area contributed by atoms with E-state index in [1.807, 2.05) is 29.9 Å². The topological polar surface area (TPSA) is 57.0 Å². The summed E-state index contributed by atoms with van der Waals surface area (Å²) in [6.07, 6.45) is 4.64. The SMILES string of the molecule is CCc1ccc(C(N)c2cnn(CC)c2)o1. The summed E-state index contributed by atoms with van der Waals surface area (Å²) in [4.78, 5) is 0. The normalized spacial score (nSPS) is 12.9. The third-order valence-electron chi connectivity index (χ3n) is 2.67. The average molecular weight is 219 g/mol. The molecule has 1 atom stereocenters.